The van der Waals surface area contributed by atoms with Crippen LogP contribution in [0.3, 0.4) is 0 Å². The number of aliphatic carboxylic acids is 1. The Kier molecular flexibility index (Phi) is 9.03. The highest BCUT2D eigenvalue weighted by Crippen LogP contribution is 2.49. The fourth-order valence-corrected chi connectivity index (χ4v) is 5.11. The van der Waals surface area contributed by atoms with Crippen molar-refractivity contribution in [1.29, 1.82) is 0 Å². The average molecular weight is 513 g/mol. The van der Waals surface area contributed by atoms with Crippen LogP contribution in [-0.4, -0.2) is 77.8 Å². The van der Waals surface area contributed by atoms with E-state index in [0.717, 1.165) is 55.8 Å². The van der Waals surface area contributed by atoms with Crippen LogP contribution in [0.4, 0.5) is 13.2 Å². The molecular weight excluding hydrogens is 477 g/mol. The molecule has 0 spiro atoms. The van der Waals surface area contributed by atoms with Crippen LogP contribution in [0.25, 0.3) is 0 Å². The summed E-state index contributed by atoms with van der Waals surface area (Å²) in [5.41, 5.74) is 1.23. The maximum absolute atomic E-state index is 13.0. The number of hydrogen-bond acceptors (Lipinski definition) is 5. The van der Waals surface area contributed by atoms with Gasteiger partial charge in [0, 0.05) is 31.2 Å². The fourth-order valence-electron chi connectivity index (χ4n) is 5.11. The zero-order valence-electron chi connectivity index (χ0n) is 20.9. The highest BCUT2D eigenvalue weighted by molar-refractivity contribution is 5.94. The molecule has 3 fully saturated rings. The first-order chi connectivity index (χ1) is 17.0. The zero-order valence-corrected chi connectivity index (χ0v) is 20.9. The number of ether oxygens (including phenoxy) is 1. The van der Waals surface area contributed by atoms with Gasteiger partial charge in [-0.05, 0) is 75.6 Å². The Balaban J connectivity index is 0.000000454. The number of benzene rings is 1. The van der Waals surface area contributed by atoms with Gasteiger partial charge < -0.3 is 14.7 Å². The van der Waals surface area contributed by atoms with Gasteiger partial charge in [0.15, 0.2) is 0 Å². The Bertz CT molecular complexity index is 923. The molecule has 1 aliphatic carbocycles. The van der Waals surface area contributed by atoms with Crippen LogP contribution >= 0.6 is 0 Å². The minimum atomic E-state index is -5.08. The van der Waals surface area contributed by atoms with Gasteiger partial charge in [-0.3, -0.25) is 14.5 Å². The van der Waals surface area contributed by atoms with Crippen LogP contribution in [0.15, 0.2) is 24.3 Å². The Morgan fingerprint density at radius 3 is 2.11 bits per heavy atom. The summed E-state index contributed by atoms with van der Waals surface area (Å²) in [6.45, 7) is 8.69. The fraction of sp³-hybridized carbons (Fsp3) is 0.654. The van der Waals surface area contributed by atoms with E-state index >= 15 is 0 Å². The lowest BCUT2D eigenvalue weighted by atomic mass is 9.94. The number of halogens is 3. The third-order valence-corrected chi connectivity index (χ3v) is 7.30. The highest BCUT2D eigenvalue weighted by Gasteiger charge is 2.52. The van der Waals surface area contributed by atoms with Crippen LogP contribution in [0.2, 0.25) is 0 Å². The van der Waals surface area contributed by atoms with Gasteiger partial charge in [-0.2, -0.15) is 13.2 Å². The molecule has 0 bridgehead atoms. The molecule has 10 heteroatoms. The third kappa shape index (κ3) is 6.78. The molecule has 2 saturated heterocycles. The number of nitrogens with zero attached hydrogens (tertiary/aromatic N) is 2. The number of carbonyl (C=O) groups is 3. The number of carboxylic acids is 1. The van der Waals surface area contributed by atoms with Gasteiger partial charge in [0.25, 0.3) is 5.91 Å². The summed E-state index contributed by atoms with van der Waals surface area (Å²) in [5.74, 6) is -1.98. The molecule has 1 aromatic rings. The van der Waals surface area contributed by atoms with Crippen molar-refractivity contribution >= 4 is 17.8 Å². The molecule has 200 valence electrons. The predicted octanol–water partition coefficient (Wildman–Crippen LogP) is 4.25. The summed E-state index contributed by atoms with van der Waals surface area (Å²) < 4.78 is 37.0. The van der Waals surface area contributed by atoms with Crippen molar-refractivity contribution in [2.75, 3.05) is 32.8 Å². The summed E-state index contributed by atoms with van der Waals surface area (Å²) in [6, 6.07) is 8.28. The second kappa shape index (κ2) is 11.6. The number of carbonyl (C=O) groups excluding carboxylic acids is 2. The maximum atomic E-state index is 13.0. The van der Waals surface area contributed by atoms with Crippen molar-refractivity contribution in [2.24, 2.45) is 5.92 Å². The molecule has 3 aliphatic rings. The summed E-state index contributed by atoms with van der Waals surface area (Å²) in [5, 5.41) is 7.12. The van der Waals surface area contributed by atoms with E-state index in [4.69, 9.17) is 14.6 Å². The third-order valence-electron chi connectivity index (χ3n) is 7.30. The van der Waals surface area contributed by atoms with E-state index in [-0.39, 0.29) is 11.9 Å². The Morgan fingerprint density at radius 2 is 1.64 bits per heavy atom. The summed E-state index contributed by atoms with van der Waals surface area (Å²) >= 11 is 0. The Morgan fingerprint density at radius 1 is 1.06 bits per heavy atom. The Hall–Kier alpha value is -2.62. The summed E-state index contributed by atoms with van der Waals surface area (Å²) in [6.07, 6.45) is 1.38. The second-order valence-corrected chi connectivity index (χ2v) is 9.95. The number of amides is 1. The molecule has 2 aliphatic heterocycles. The highest BCUT2D eigenvalue weighted by atomic mass is 19.4. The van der Waals surface area contributed by atoms with Gasteiger partial charge in [0.2, 0.25) is 0 Å². The first-order valence-corrected chi connectivity index (χ1v) is 12.6. The Labute approximate surface area is 209 Å². The van der Waals surface area contributed by atoms with Crippen LogP contribution in [-0.2, 0) is 19.7 Å². The van der Waals surface area contributed by atoms with Gasteiger partial charge in [0.1, 0.15) is 0 Å². The zero-order chi connectivity index (χ0) is 26.5. The number of esters is 1. The lowest BCUT2D eigenvalue weighted by Crippen LogP contribution is -2.49. The smallest absolute Gasteiger partial charge is 0.475 e. The molecule has 4 rings (SSSR count). The van der Waals surface area contributed by atoms with Crippen LogP contribution in [0.1, 0.15) is 68.3 Å². The molecule has 1 aromatic carbocycles. The van der Waals surface area contributed by atoms with Crippen LogP contribution in [0.5, 0.6) is 0 Å². The topological polar surface area (TPSA) is 87.2 Å². The van der Waals surface area contributed by atoms with E-state index < -0.39 is 17.6 Å². The van der Waals surface area contributed by atoms with Crippen molar-refractivity contribution in [3.63, 3.8) is 0 Å². The van der Waals surface area contributed by atoms with Crippen LogP contribution < -0.4 is 0 Å². The predicted molar refractivity (Wildman–Crippen MR) is 127 cm³/mol. The van der Waals surface area contributed by atoms with Crippen LogP contribution in [0, 0.1) is 5.92 Å². The number of hydrogen-bond donors (Lipinski definition) is 1. The number of rotatable bonds is 5. The van der Waals surface area contributed by atoms with Crippen molar-refractivity contribution in [2.45, 2.75) is 70.0 Å². The average Bonchev–Trinajstić information content (AvgIpc) is 3.66. The minimum Gasteiger partial charge on any atom is -0.475 e. The molecule has 2 heterocycles. The first-order valence-electron chi connectivity index (χ1n) is 12.6. The lowest BCUT2D eigenvalue weighted by Gasteiger charge is -2.41. The quantitative estimate of drug-likeness (QED) is 0.594. The molecule has 1 N–H and O–H groups in total. The largest absolute Gasteiger partial charge is 0.490 e. The SMILES string of the molecule is CCOC(=O)C1(c2ccc(C(=O)N3CCC(N4CCCC(C)C4)CC3)cc2)CC1.O=C(O)C(F)(F)F. The molecule has 0 aromatic heterocycles. The lowest BCUT2D eigenvalue weighted by molar-refractivity contribution is -0.192. The van der Waals surface area contributed by atoms with E-state index in [9.17, 15) is 22.8 Å². The first kappa shape index (κ1) is 28.0. The van der Waals surface area contributed by atoms with Crippen molar-refractivity contribution in [3.05, 3.63) is 35.4 Å². The molecule has 1 amide bonds. The maximum Gasteiger partial charge on any atom is 0.490 e. The normalized spacial score (nSPS) is 22.2. The number of piperidine rings is 2. The van der Waals surface area contributed by atoms with Crippen molar-refractivity contribution < 1.29 is 37.4 Å². The van der Waals surface area contributed by atoms with Gasteiger partial charge in [-0.15, -0.1) is 0 Å². The number of likely N-dealkylation sites (tertiary alicyclic amines) is 2. The standard InChI is InChI=1S/C24H34N2O3.C2HF3O2/c1-3-29-23(28)24(12-13-24)20-8-6-19(7-9-20)22(27)25-15-10-21(11-16-25)26-14-4-5-18(2)17-26;3-2(4,5)1(6)7/h6-9,18,21H,3-5,10-17H2,1-2H3;(H,6,7). The summed E-state index contributed by atoms with van der Waals surface area (Å²) in [7, 11) is 0. The van der Waals surface area contributed by atoms with E-state index in [2.05, 4.69) is 11.8 Å². The van der Waals surface area contributed by atoms with Gasteiger partial charge >= 0.3 is 18.1 Å². The van der Waals surface area contributed by atoms with Gasteiger partial charge in [0.05, 0.1) is 12.0 Å². The molecular formula is C26H35F3N2O5. The van der Waals surface area contributed by atoms with E-state index in [1.165, 1.54) is 25.9 Å². The molecule has 7 nitrogen and oxygen atoms in total. The summed E-state index contributed by atoms with van der Waals surface area (Å²) in [4.78, 5) is 38.8. The molecule has 36 heavy (non-hydrogen) atoms. The minimum absolute atomic E-state index is 0.114. The van der Waals surface area contributed by atoms with Crippen molar-refractivity contribution in [3.8, 4) is 0 Å². The number of alkyl halides is 3. The van der Waals surface area contributed by atoms with E-state index in [1.54, 1.807) is 0 Å². The van der Waals surface area contributed by atoms with E-state index in [0.29, 0.717) is 12.6 Å². The van der Waals surface area contributed by atoms with Gasteiger partial charge in [-0.1, -0.05) is 19.1 Å². The monoisotopic (exact) mass is 512 g/mol. The molecule has 1 unspecified atom stereocenters. The van der Waals surface area contributed by atoms with E-state index in [1.807, 2.05) is 36.1 Å². The molecule has 0 radical (unpaired) electrons. The second-order valence-electron chi connectivity index (χ2n) is 9.95. The van der Waals surface area contributed by atoms with Gasteiger partial charge in [-0.25, -0.2) is 4.79 Å². The van der Waals surface area contributed by atoms with Crippen molar-refractivity contribution in [1.82, 2.24) is 9.80 Å². The molecule has 1 atom stereocenters. The number of carboxylic acid groups (broad SMARTS) is 1. The molecule has 1 saturated carbocycles.